The Morgan fingerprint density at radius 2 is 1.91 bits per heavy atom. The zero-order valence-corrected chi connectivity index (χ0v) is 12.1. The molecule has 22 heavy (non-hydrogen) atoms. The van der Waals surface area contributed by atoms with Gasteiger partial charge in [-0.2, -0.15) is 0 Å². The van der Waals surface area contributed by atoms with Gasteiger partial charge in [-0.3, -0.25) is 4.99 Å². The first-order chi connectivity index (χ1) is 10.8. The van der Waals surface area contributed by atoms with Crippen LogP contribution in [0.4, 0.5) is 5.69 Å². The number of aliphatic imine (C=N–C) groups is 1. The molecule has 0 unspecified atom stereocenters. The monoisotopic (exact) mass is 288 g/mol. The number of hydrogen-bond acceptors (Lipinski definition) is 3. The lowest BCUT2D eigenvalue weighted by molar-refractivity contribution is 0.603. The van der Waals surface area contributed by atoms with Crippen LogP contribution in [0.15, 0.2) is 64.0 Å². The molecule has 1 aromatic heterocycles. The maximum Gasteiger partial charge on any atom is 0.149 e. The minimum Gasteiger partial charge on any atom is -0.455 e. The number of nitrogens with two attached hydrogens (primary N) is 1. The van der Waals surface area contributed by atoms with Crippen molar-refractivity contribution >= 4 is 28.4 Å². The van der Waals surface area contributed by atoms with E-state index in [4.69, 9.17) is 10.2 Å². The number of furan rings is 1. The number of fused-ring (bicyclic) bond motifs is 3. The summed E-state index contributed by atoms with van der Waals surface area (Å²) in [6.07, 6.45) is 4.84. The molecule has 0 saturated carbocycles. The van der Waals surface area contributed by atoms with E-state index in [1.165, 1.54) is 16.7 Å². The highest BCUT2D eigenvalue weighted by Crippen LogP contribution is 2.31. The highest BCUT2D eigenvalue weighted by molar-refractivity contribution is 5.94. The first kappa shape index (κ1) is 12.9. The summed E-state index contributed by atoms with van der Waals surface area (Å²) in [7, 11) is 0. The van der Waals surface area contributed by atoms with Gasteiger partial charge in [0, 0.05) is 29.1 Å². The molecule has 3 aromatic rings. The van der Waals surface area contributed by atoms with Crippen LogP contribution in [0.3, 0.4) is 0 Å². The van der Waals surface area contributed by atoms with Crippen LogP contribution in [0.5, 0.6) is 0 Å². The Hall–Kier alpha value is -2.81. The Morgan fingerprint density at radius 3 is 2.77 bits per heavy atom. The van der Waals surface area contributed by atoms with Gasteiger partial charge in [0.15, 0.2) is 0 Å². The molecule has 2 N–H and O–H groups in total. The highest BCUT2D eigenvalue weighted by atomic mass is 16.3. The van der Waals surface area contributed by atoms with Crippen LogP contribution in [-0.2, 0) is 6.42 Å². The highest BCUT2D eigenvalue weighted by Gasteiger charge is 2.16. The van der Waals surface area contributed by atoms with Gasteiger partial charge < -0.3 is 10.2 Å². The SMILES string of the molecule is Nc1ccc2c3c(oc2c1)/C=N/C/C=C(\c1ccccc1)C3. The summed E-state index contributed by atoms with van der Waals surface area (Å²) in [5, 5.41) is 1.11. The van der Waals surface area contributed by atoms with Gasteiger partial charge in [-0.1, -0.05) is 36.4 Å². The van der Waals surface area contributed by atoms with E-state index in [0.29, 0.717) is 12.2 Å². The van der Waals surface area contributed by atoms with E-state index < -0.39 is 0 Å². The fourth-order valence-corrected chi connectivity index (χ4v) is 2.91. The van der Waals surface area contributed by atoms with Crippen molar-refractivity contribution < 1.29 is 4.42 Å². The Labute approximate surface area is 128 Å². The zero-order valence-electron chi connectivity index (χ0n) is 12.1. The molecule has 0 aliphatic carbocycles. The maximum absolute atomic E-state index is 5.93. The van der Waals surface area contributed by atoms with Gasteiger partial charge in [-0.05, 0) is 23.3 Å². The molecule has 0 bridgehead atoms. The van der Waals surface area contributed by atoms with E-state index in [1.807, 2.05) is 30.5 Å². The largest absolute Gasteiger partial charge is 0.455 e. The van der Waals surface area contributed by atoms with Crippen molar-refractivity contribution in [1.82, 2.24) is 0 Å². The Kier molecular flexibility index (Phi) is 3.04. The van der Waals surface area contributed by atoms with Crippen molar-refractivity contribution in [2.24, 2.45) is 4.99 Å². The molecule has 2 heterocycles. The standard InChI is InChI=1S/C19H16N2O/c20-15-6-7-16-17-10-14(13-4-2-1-3-5-13)8-9-21-12-19(17)22-18(16)11-15/h1-8,11-12H,9-10,20H2/b14-8-,21-12+. The third kappa shape index (κ3) is 2.21. The van der Waals surface area contributed by atoms with E-state index in [2.05, 4.69) is 35.3 Å². The molecule has 3 heteroatoms. The van der Waals surface area contributed by atoms with Gasteiger partial charge >= 0.3 is 0 Å². The lowest BCUT2D eigenvalue weighted by atomic mass is 9.95. The molecule has 108 valence electrons. The molecule has 2 aromatic carbocycles. The fraction of sp³-hybridized carbons (Fsp3) is 0.105. The Balaban J connectivity index is 1.86. The van der Waals surface area contributed by atoms with E-state index in [9.17, 15) is 0 Å². The molecule has 0 atom stereocenters. The van der Waals surface area contributed by atoms with E-state index in [0.717, 1.165) is 23.2 Å². The first-order valence-corrected chi connectivity index (χ1v) is 7.36. The maximum atomic E-state index is 5.93. The summed E-state index contributed by atoms with van der Waals surface area (Å²) in [6, 6.07) is 16.3. The molecule has 1 aliphatic heterocycles. The lowest BCUT2D eigenvalue weighted by Crippen LogP contribution is -1.98. The lowest BCUT2D eigenvalue weighted by Gasteiger charge is -2.09. The van der Waals surface area contributed by atoms with Gasteiger partial charge in [-0.15, -0.1) is 0 Å². The summed E-state index contributed by atoms with van der Waals surface area (Å²) in [5.41, 5.74) is 11.1. The van der Waals surface area contributed by atoms with Crippen LogP contribution < -0.4 is 5.73 Å². The molecule has 0 amide bonds. The summed E-state index contributed by atoms with van der Waals surface area (Å²) in [4.78, 5) is 4.44. The summed E-state index contributed by atoms with van der Waals surface area (Å²) in [5.74, 6) is 0.835. The molecule has 0 spiro atoms. The van der Waals surface area contributed by atoms with Crippen LogP contribution >= 0.6 is 0 Å². The third-order valence-corrected chi connectivity index (χ3v) is 4.01. The van der Waals surface area contributed by atoms with Crippen molar-refractivity contribution in [1.29, 1.82) is 0 Å². The Morgan fingerprint density at radius 1 is 1.05 bits per heavy atom. The number of rotatable bonds is 1. The van der Waals surface area contributed by atoms with E-state index >= 15 is 0 Å². The molecule has 4 rings (SSSR count). The number of hydrogen-bond donors (Lipinski definition) is 1. The van der Waals surface area contributed by atoms with Crippen molar-refractivity contribution in [2.45, 2.75) is 6.42 Å². The van der Waals surface area contributed by atoms with Gasteiger partial charge in [0.05, 0.1) is 12.8 Å². The molecule has 3 nitrogen and oxygen atoms in total. The molecular weight excluding hydrogens is 272 g/mol. The quantitative estimate of drug-likeness (QED) is 0.686. The predicted octanol–water partition coefficient (Wildman–Crippen LogP) is 4.07. The molecule has 1 aliphatic rings. The second-order valence-corrected chi connectivity index (χ2v) is 5.47. The topological polar surface area (TPSA) is 51.5 Å². The van der Waals surface area contributed by atoms with E-state index in [1.54, 1.807) is 0 Å². The smallest absolute Gasteiger partial charge is 0.149 e. The fourth-order valence-electron chi connectivity index (χ4n) is 2.91. The van der Waals surface area contributed by atoms with E-state index in [-0.39, 0.29) is 0 Å². The number of nitrogen functional groups attached to an aromatic ring is 1. The Bertz CT molecular complexity index is 888. The number of allylic oxidation sites excluding steroid dienone is 1. The van der Waals surface area contributed by atoms with Crippen molar-refractivity contribution in [2.75, 3.05) is 12.3 Å². The van der Waals surface area contributed by atoms with Crippen molar-refractivity contribution in [3.63, 3.8) is 0 Å². The van der Waals surface area contributed by atoms with Crippen LogP contribution in [0, 0.1) is 0 Å². The summed E-state index contributed by atoms with van der Waals surface area (Å²) >= 11 is 0. The average Bonchev–Trinajstić information content (AvgIpc) is 2.84. The summed E-state index contributed by atoms with van der Waals surface area (Å²) < 4.78 is 5.93. The molecule has 0 fully saturated rings. The van der Waals surface area contributed by atoms with Gasteiger partial charge in [-0.25, -0.2) is 0 Å². The average molecular weight is 288 g/mol. The second-order valence-electron chi connectivity index (χ2n) is 5.47. The minimum atomic E-state index is 0.669. The van der Waals surface area contributed by atoms with Gasteiger partial charge in [0.25, 0.3) is 0 Å². The number of anilines is 1. The molecule has 0 saturated heterocycles. The van der Waals surface area contributed by atoms with Crippen LogP contribution in [-0.4, -0.2) is 12.8 Å². The third-order valence-electron chi connectivity index (χ3n) is 4.01. The van der Waals surface area contributed by atoms with Gasteiger partial charge in [0.1, 0.15) is 11.3 Å². The van der Waals surface area contributed by atoms with Crippen molar-refractivity contribution in [3.05, 3.63) is 71.5 Å². The van der Waals surface area contributed by atoms with Crippen LogP contribution in [0.2, 0.25) is 0 Å². The van der Waals surface area contributed by atoms with Crippen LogP contribution in [0.1, 0.15) is 16.9 Å². The molecule has 0 radical (unpaired) electrons. The second kappa shape index (κ2) is 5.19. The summed E-state index contributed by atoms with van der Waals surface area (Å²) in [6.45, 7) is 0.669. The van der Waals surface area contributed by atoms with Crippen molar-refractivity contribution in [3.8, 4) is 0 Å². The van der Waals surface area contributed by atoms with Crippen LogP contribution in [0.25, 0.3) is 16.5 Å². The normalized spacial score (nSPS) is 18.1. The minimum absolute atomic E-state index is 0.669. The zero-order chi connectivity index (χ0) is 14.9. The van der Waals surface area contributed by atoms with Gasteiger partial charge in [0.2, 0.25) is 0 Å². The molecular formula is C19H16N2O. The predicted molar refractivity (Wildman–Crippen MR) is 91.2 cm³/mol. The number of benzene rings is 2. The first-order valence-electron chi connectivity index (χ1n) is 7.36. The number of nitrogens with zero attached hydrogens (tertiary/aromatic N) is 1.